The van der Waals surface area contributed by atoms with Gasteiger partial charge in [-0.3, -0.25) is 4.79 Å². The zero-order chi connectivity index (χ0) is 12.8. The molecular weight excluding hydrogens is 293 g/mol. The van der Waals surface area contributed by atoms with E-state index >= 15 is 0 Å². The summed E-state index contributed by atoms with van der Waals surface area (Å²) in [6, 6.07) is 4.05. The van der Waals surface area contributed by atoms with E-state index in [1.54, 1.807) is 0 Å². The molecule has 0 saturated heterocycles. The number of nitrogens with zero attached hydrogens (tertiary/aromatic N) is 1. The molecule has 0 spiro atoms. The number of benzene rings is 1. The maximum atomic E-state index is 13.3. The molecule has 2 N–H and O–H groups in total. The first-order chi connectivity index (χ1) is 8.10. The zero-order valence-electron chi connectivity index (χ0n) is 9.07. The first-order valence-electron chi connectivity index (χ1n) is 5.06. The van der Waals surface area contributed by atoms with E-state index in [0.717, 1.165) is 6.07 Å². The minimum atomic E-state index is -0.524. The van der Waals surface area contributed by atoms with Crippen LogP contribution in [0.2, 0.25) is 0 Å². The molecule has 4 nitrogen and oxygen atoms in total. The molecule has 0 bridgehead atoms. The third kappa shape index (κ3) is 3.76. The van der Waals surface area contributed by atoms with Gasteiger partial charge in [0.2, 0.25) is 0 Å². The molecule has 6 heteroatoms. The Labute approximate surface area is 107 Å². The Morgan fingerprint density at radius 3 is 2.35 bits per heavy atom. The molecule has 17 heavy (non-hydrogen) atoms. The van der Waals surface area contributed by atoms with Crippen molar-refractivity contribution in [3.8, 4) is 0 Å². The number of hydrogen-bond donors (Lipinski definition) is 2. The zero-order valence-corrected chi connectivity index (χ0v) is 10.7. The third-order valence-corrected chi connectivity index (χ3v) is 2.84. The number of aliphatic hydroxyl groups excluding tert-OH is 2. The van der Waals surface area contributed by atoms with Gasteiger partial charge in [0, 0.05) is 18.7 Å². The van der Waals surface area contributed by atoms with E-state index in [2.05, 4.69) is 15.9 Å². The van der Waals surface area contributed by atoms with Gasteiger partial charge in [0.1, 0.15) is 5.82 Å². The van der Waals surface area contributed by atoms with Crippen molar-refractivity contribution in [2.75, 3.05) is 26.3 Å². The number of amides is 1. The van der Waals surface area contributed by atoms with Crippen LogP contribution >= 0.6 is 15.9 Å². The highest BCUT2D eigenvalue weighted by Gasteiger charge is 2.15. The van der Waals surface area contributed by atoms with Crippen molar-refractivity contribution in [2.24, 2.45) is 0 Å². The van der Waals surface area contributed by atoms with Gasteiger partial charge >= 0.3 is 0 Å². The molecule has 0 unspecified atom stereocenters. The third-order valence-electron chi connectivity index (χ3n) is 2.19. The number of halogens is 2. The van der Waals surface area contributed by atoms with Crippen molar-refractivity contribution in [2.45, 2.75) is 0 Å². The van der Waals surface area contributed by atoms with Crippen LogP contribution in [0, 0.1) is 5.82 Å². The van der Waals surface area contributed by atoms with E-state index in [9.17, 15) is 9.18 Å². The Hall–Kier alpha value is -0.980. The van der Waals surface area contributed by atoms with Crippen molar-refractivity contribution < 1.29 is 19.4 Å². The van der Waals surface area contributed by atoms with Crippen molar-refractivity contribution in [3.63, 3.8) is 0 Å². The molecule has 1 rings (SSSR count). The van der Waals surface area contributed by atoms with Crippen LogP contribution in [0.4, 0.5) is 4.39 Å². The minimum Gasteiger partial charge on any atom is -0.395 e. The normalized spacial score (nSPS) is 10.4. The first-order valence-corrected chi connectivity index (χ1v) is 5.85. The molecule has 0 atom stereocenters. The predicted octanol–water partition coefficient (Wildman–Crippen LogP) is 1.01. The standard InChI is InChI=1S/C11H13BrFNO3/c12-9-2-1-8(7-10(9)13)11(17)14(3-5-15)4-6-16/h1-2,7,15-16H,3-6H2. The van der Waals surface area contributed by atoms with Gasteiger partial charge < -0.3 is 15.1 Å². The SMILES string of the molecule is O=C(c1ccc(Br)c(F)c1)N(CCO)CCO. The largest absolute Gasteiger partial charge is 0.395 e. The van der Waals surface area contributed by atoms with Gasteiger partial charge in [-0.15, -0.1) is 0 Å². The number of carbonyl (C=O) groups excluding carboxylic acids is 1. The summed E-state index contributed by atoms with van der Waals surface area (Å²) in [5, 5.41) is 17.6. The molecule has 0 radical (unpaired) electrons. The Kier molecular flexibility index (Phi) is 5.54. The fourth-order valence-corrected chi connectivity index (χ4v) is 1.61. The maximum absolute atomic E-state index is 13.3. The van der Waals surface area contributed by atoms with Gasteiger partial charge in [0.25, 0.3) is 5.91 Å². The predicted molar refractivity (Wildman–Crippen MR) is 64.2 cm³/mol. The summed E-state index contributed by atoms with van der Waals surface area (Å²) in [5.74, 6) is -0.941. The molecule has 0 aliphatic rings. The first kappa shape index (κ1) is 14.1. The van der Waals surface area contributed by atoms with Crippen LogP contribution in [0.25, 0.3) is 0 Å². The number of rotatable bonds is 5. The molecule has 1 aromatic carbocycles. The van der Waals surface area contributed by atoms with Crippen LogP contribution in [0.1, 0.15) is 10.4 Å². The Bertz CT molecular complexity index is 394. The second kappa shape index (κ2) is 6.68. The lowest BCUT2D eigenvalue weighted by Crippen LogP contribution is -2.35. The van der Waals surface area contributed by atoms with Gasteiger partial charge in [-0.25, -0.2) is 4.39 Å². The number of carbonyl (C=O) groups is 1. The van der Waals surface area contributed by atoms with E-state index in [-0.39, 0.29) is 36.3 Å². The number of aliphatic hydroxyl groups is 2. The van der Waals surface area contributed by atoms with Gasteiger partial charge in [-0.2, -0.15) is 0 Å². The molecule has 0 aromatic heterocycles. The van der Waals surface area contributed by atoms with Crippen molar-refractivity contribution in [1.82, 2.24) is 4.90 Å². The summed E-state index contributed by atoms with van der Waals surface area (Å²) in [4.78, 5) is 13.2. The summed E-state index contributed by atoms with van der Waals surface area (Å²) < 4.78 is 13.5. The van der Waals surface area contributed by atoms with Crippen LogP contribution in [-0.2, 0) is 0 Å². The number of hydrogen-bond acceptors (Lipinski definition) is 3. The van der Waals surface area contributed by atoms with E-state index in [1.807, 2.05) is 0 Å². The van der Waals surface area contributed by atoms with Crippen LogP contribution in [0.15, 0.2) is 22.7 Å². The van der Waals surface area contributed by atoms with E-state index in [4.69, 9.17) is 10.2 Å². The van der Waals surface area contributed by atoms with Crippen molar-refractivity contribution in [3.05, 3.63) is 34.1 Å². The average Bonchev–Trinajstić information content (AvgIpc) is 2.31. The van der Waals surface area contributed by atoms with Crippen molar-refractivity contribution in [1.29, 1.82) is 0 Å². The fourth-order valence-electron chi connectivity index (χ4n) is 1.37. The van der Waals surface area contributed by atoms with Crippen LogP contribution in [-0.4, -0.2) is 47.3 Å². The molecule has 0 fully saturated rings. The highest BCUT2D eigenvalue weighted by molar-refractivity contribution is 9.10. The van der Waals surface area contributed by atoms with Crippen LogP contribution in [0.3, 0.4) is 0 Å². The molecule has 1 amide bonds. The quantitative estimate of drug-likeness (QED) is 0.854. The second-order valence-electron chi connectivity index (χ2n) is 3.37. The van der Waals surface area contributed by atoms with Crippen molar-refractivity contribution >= 4 is 21.8 Å². The van der Waals surface area contributed by atoms with Gasteiger partial charge in [0.15, 0.2) is 0 Å². The lowest BCUT2D eigenvalue weighted by atomic mass is 10.2. The Morgan fingerprint density at radius 2 is 1.88 bits per heavy atom. The Morgan fingerprint density at radius 1 is 1.29 bits per heavy atom. The average molecular weight is 306 g/mol. The van der Waals surface area contributed by atoms with E-state index < -0.39 is 11.7 Å². The molecule has 0 heterocycles. The lowest BCUT2D eigenvalue weighted by Gasteiger charge is -2.20. The van der Waals surface area contributed by atoms with Gasteiger partial charge in [-0.1, -0.05) is 0 Å². The van der Waals surface area contributed by atoms with E-state index in [0.29, 0.717) is 0 Å². The highest BCUT2D eigenvalue weighted by atomic mass is 79.9. The molecular formula is C11H13BrFNO3. The molecule has 0 saturated carbocycles. The fraction of sp³-hybridized carbons (Fsp3) is 0.364. The minimum absolute atomic E-state index is 0.108. The summed E-state index contributed by atoms with van der Waals surface area (Å²) in [6.45, 7) is -0.191. The van der Waals surface area contributed by atoms with Crippen LogP contribution in [0.5, 0.6) is 0 Å². The smallest absolute Gasteiger partial charge is 0.254 e. The summed E-state index contributed by atoms with van der Waals surface area (Å²) in [7, 11) is 0. The molecule has 0 aliphatic carbocycles. The van der Waals surface area contributed by atoms with E-state index in [1.165, 1.54) is 17.0 Å². The molecule has 94 valence electrons. The topological polar surface area (TPSA) is 60.8 Å². The van der Waals surface area contributed by atoms with Crippen LogP contribution < -0.4 is 0 Å². The summed E-state index contributed by atoms with van der Waals surface area (Å²) >= 11 is 3.00. The summed E-state index contributed by atoms with van der Waals surface area (Å²) in [5.41, 5.74) is 0.188. The monoisotopic (exact) mass is 305 g/mol. The maximum Gasteiger partial charge on any atom is 0.254 e. The Balaban J connectivity index is 2.88. The van der Waals surface area contributed by atoms with Gasteiger partial charge in [-0.05, 0) is 34.1 Å². The lowest BCUT2D eigenvalue weighted by molar-refractivity contribution is 0.0684. The molecule has 0 aliphatic heterocycles. The van der Waals surface area contributed by atoms with Gasteiger partial charge in [0.05, 0.1) is 17.7 Å². The summed E-state index contributed by atoms with van der Waals surface area (Å²) in [6.07, 6.45) is 0. The highest BCUT2D eigenvalue weighted by Crippen LogP contribution is 2.17. The molecule has 1 aromatic rings. The second-order valence-corrected chi connectivity index (χ2v) is 4.22.